The molecule has 0 spiro atoms. The molecular weight excluding hydrogens is 308 g/mol. The van der Waals surface area contributed by atoms with Crippen LogP contribution >= 0.6 is 11.3 Å². The van der Waals surface area contributed by atoms with E-state index < -0.39 is 0 Å². The predicted octanol–water partition coefficient (Wildman–Crippen LogP) is 3.09. The molecule has 0 bridgehead atoms. The molecular formula is C18H20N2O2S. The molecule has 0 unspecified atom stereocenters. The van der Waals surface area contributed by atoms with Crippen LogP contribution in [0.1, 0.15) is 22.2 Å². The van der Waals surface area contributed by atoms with Crippen LogP contribution in [0.4, 0.5) is 0 Å². The van der Waals surface area contributed by atoms with Crippen molar-refractivity contribution in [1.82, 2.24) is 9.80 Å². The van der Waals surface area contributed by atoms with Crippen molar-refractivity contribution in [1.29, 1.82) is 0 Å². The van der Waals surface area contributed by atoms with Crippen molar-refractivity contribution >= 4 is 17.2 Å². The quantitative estimate of drug-likeness (QED) is 0.849. The van der Waals surface area contributed by atoms with E-state index in [1.54, 1.807) is 11.3 Å². The van der Waals surface area contributed by atoms with Crippen LogP contribution in [0.15, 0.2) is 30.3 Å². The highest BCUT2D eigenvalue weighted by Gasteiger charge is 2.26. The van der Waals surface area contributed by atoms with Gasteiger partial charge in [-0.25, -0.2) is 0 Å². The SMILES string of the molecule is CCN1CCN(C(=O)c2cc3c(s2)-c2ccccc2OC3)CC1. The molecule has 0 radical (unpaired) electrons. The van der Waals surface area contributed by atoms with Gasteiger partial charge in [-0.1, -0.05) is 19.1 Å². The summed E-state index contributed by atoms with van der Waals surface area (Å²) < 4.78 is 5.79. The lowest BCUT2D eigenvalue weighted by molar-refractivity contribution is 0.0648. The van der Waals surface area contributed by atoms with Crippen molar-refractivity contribution in [2.45, 2.75) is 13.5 Å². The van der Waals surface area contributed by atoms with E-state index in [4.69, 9.17) is 4.74 Å². The van der Waals surface area contributed by atoms with Gasteiger partial charge in [0.1, 0.15) is 12.4 Å². The van der Waals surface area contributed by atoms with Crippen molar-refractivity contribution in [2.24, 2.45) is 0 Å². The van der Waals surface area contributed by atoms with Gasteiger partial charge in [-0.3, -0.25) is 4.79 Å². The fourth-order valence-corrected chi connectivity index (χ4v) is 4.39. The standard InChI is InChI=1S/C18H20N2O2S/c1-2-19-7-9-20(10-8-19)18(21)16-11-13-12-22-15-6-4-3-5-14(15)17(13)23-16/h3-6,11H,2,7-10,12H2,1H3. The Hall–Kier alpha value is -1.85. The molecule has 2 aliphatic heterocycles. The first-order valence-corrected chi connectivity index (χ1v) is 8.94. The minimum absolute atomic E-state index is 0.164. The highest BCUT2D eigenvalue weighted by atomic mass is 32.1. The van der Waals surface area contributed by atoms with Gasteiger partial charge in [0, 0.05) is 42.2 Å². The van der Waals surface area contributed by atoms with Crippen LogP contribution in [0.5, 0.6) is 5.75 Å². The average Bonchev–Trinajstić information content (AvgIpc) is 3.06. The summed E-state index contributed by atoms with van der Waals surface area (Å²) in [5, 5.41) is 0. The number of benzene rings is 1. The smallest absolute Gasteiger partial charge is 0.264 e. The van der Waals surface area contributed by atoms with Crippen LogP contribution in [0, 0.1) is 0 Å². The van der Waals surface area contributed by atoms with Crippen LogP contribution in [0.3, 0.4) is 0 Å². The predicted molar refractivity (Wildman–Crippen MR) is 92.1 cm³/mol. The number of likely N-dealkylation sites (N-methyl/N-ethyl adjacent to an activating group) is 1. The van der Waals surface area contributed by atoms with Crippen molar-refractivity contribution in [3.8, 4) is 16.2 Å². The van der Waals surface area contributed by atoms with E-state index in [1.807, 2.05) is 29.2 Å². The molecule has 0 N–H and O–H groups in total. The van der Waals surface area contributed by atoms with E-state index >= 15 is 0 Å². The summed E-state index contributed by atoms with van der Waals surface area (Å²) in [4.78, 5) is 19.2. The van der Waals surface area contributed by atoms with Crippen molar-refractivity contribution < 1.29 is 9.53 Å². The third-order valence-corrected chi connectivity index (χ3v) is 5.84. The van der Waals surface area contributed by atoms with Crippen LogP contribution in [-0.2, 0) is 6.61 Å². The first kappa shape index (κ1) is 14.7. The van der Waals surface area contributed by atoms with E-state index in [0.29, 0.717) is 6.61 Å². The molecule has 0 aliphatic carbocycles. The molecule has 5 heteroatoms. The fraction of sp³-hybridized carbons (Fsp3) is 0.389. The third-order valence-electron chi connectivity index (χ3n) is 4.64. The number of thiophene rings is 1. The summed E-state index contributed by atoms with van der Waals surface area (Å²) in [6.07, 6.45) is 0. The number of carbonyl (C=O) groups excluding carboxylic acids is 1. The molecule has 3 heterocycles. The van der Waals surface area contributed by atoms with Gasteiger partial charge in [-0.15, -0.1) is 11.3 Å². The summed E-state index contributed by atoms with van der Waals surface area (Å²) in [7, 11) is 0. The summed E-state index contributed by atoms with van der Waals surface area (Å²) in [5.41, 5.74) is 2.23. The fourth-order valence-electron chi connectivity index (χ4n) is 3.23. The molecule has 0 atom stereocenters. The Kier molecular flexibility index (Phi) is 3.83. The number of rotatable bonds is 2. The Morgan fingerprint density at radius 3 is 2.78 bits per heavy atom. The van der Waals surface area contributed by atoms with Gasteiger partial charge in [0.05, 0.1) is 4.88 Å². The molecule has 0 saturated carbocycles. The molecule has 1 fully saturated rings. The van der Waals surface area contributed by atoms with Gasteiger partial charge in [0.15, 0.2) is 0 Å². The van der Waals surface area contributed by atoms with Gasteiger partial charge >= 0.3 is 0 Å². The second-order valence-corrected chi connectivity index (χ2v) is 7.03. The Balaban J connectivity index is 1.58. The number of piperazine rings is 1. The number of carbonyl (C=O) groups is 1. The number of hydrogen-bond acceptors (Lipinski definition) is 4. The maximum Gasteiger partial charge on any atom is 0.264 e. The highest BCUT2D eigenvalue weighted by molar-refractivity contribution is 7.17. The van der Waals surface area contributed by atoms with Gasteiger partial charge < -0.3 is 14.5 Å². The van der Waals surface area contributed by atoms with Crippen LogP contribution in [-0.4, -0.2) is 48.4 Å². The topological polar surface area (TPSA) is 32.8 Å². The zero-order chi connectivity index (χ0) is 15.8. The number of ether oxygens (including phenoxy) is 1. The van der Waals surface area contributed by atoms with Crippen molar-refractivity contribution in [3.63, 3.8) is 0 Å². The minimum Gasteiger partial charge on any atom is -0.488 e. The molecule has 2 aliphatic rings. The number of amides is 1. The Bertz CT molecular complexity index is 732. The van der Waals surface area contributed by atoms with Gasteiger partial charge in [-0.05, 0) is 24.7 Å². The monoisotopic (exact) mass is 328 g/mol. The summed E-state index contributed by atoms with van der Waals surface area (Å²) >= 11 is 1.60. The molecule has 4 nitrogen and oxygen atoms in total. The number of fused-ring (bicyclic) bond motifs is 3. The first-order chi connectivity index (χ1) is 11.3. The third kappa shape index (κ3) is 2.64. The molecule has 1 amide bonds. The second kappa shape index (κ2) is 5.98. The van der Waals surface area contributed by atoms with Crippen molar-refractivity contribution in [3.05, 3.63) is 40.8 Å². The van der Waals surface area contributed by atoms with E-state index in [-0.39, 0.29) is 5.91 Å². The molecule has 120 valence electrons. The summed E-state index contributed by atoms with van der Waals surface area (Å²) in [5.74, 6) is 1.08. The van der Waals surface area contributed by atoms with Crippen LogP contribution in [0.25, 0.3) is 10.4 Å². The molecule has 1 aromatic carbocycles. The maximum absolute atomic E-state index is 12.8. The van der Waals surface area contributed by atoms with E-state index in [0.717, 1.165) is 54.5 Å². The Labute approximate surface area is 140 Å². The van der Waals surface area contributed by atoms with E-state index in [9.17, 15) is 4.79 Å². The molecule has 2 aromatic rings. The lowest BCUT2D eigenvalue weighted by Gasteiger charge is -2.33. The zero-order valence-electron chi connectivity index (χ0n) is 13.2. The van der Waals surface area contributed by atoms with Crippen molar-refractivity contribution in [2.75, 3.05) is 32.7 Å². The van der Waals surface area contributed by atoms with E-state index in [1.165, 1.54) is 4.88 Å². The van der Waals surface area contributed by atoms with Gasteiger partial charge in [-0.2, -0.15) is 0 Å². The van der Waals surface area contributed by atoms with Gasteiger partial charge in [0.25, 0.3) is 5.91 Å². The van der Waals surface area contributed by atoms with Crippen LogP contribution < -0.4 is 4.74 Å². The highest BCUT2D eigenvalue weighted by Crippen LogP contribution is 2.42. The number of para-hydroxylation sites is 1. The normalized spacial score (nSPS) is 17.3. The zero-order valence-corrected chi connectivity index (χ0v) is 14.1. The second-order valence-electron chi connectivity index (χ2n) is 5.98. The maximum atomic E-state index is 12.8. The first-order valence-electron chi connectivity index (χ1n) is 8.13. The minimum atomic E-state index is 0.164. The van der Waals surface area contributed by atoms with Crippen LogP contribution in [0.2, 0.25) is 0 Å². The summed E-state index contributed by atoms with van der Waals surface area (Å²) in [6.45, 7) is 7.37. The number of hydrogen-bond donors (Lipinski definition) is 0. The largest absolute Gasteiger partial charge is 0.488 e. The molecule has 4 rings (SSSR count). The lowest BCUT2D eigenvalue weighted by atomic mass is 10.1. The number of nitrogens with zero attached hydrogens (tertiary/aromatic N) is 2. The van der Waals surface area contributed by atoms with Gasteiger partial charge in [0.2, 0.25) is 0 Å². The molecule has 1 aromatic heterocycles. The average molecular weight is 328 g/mol. The molecule has 23 heavy (non-hydrogen) atoms. The van der Waals surface area contributed by atoms with E-state index in [2.05, 4.69) is 17.9 Å². The lowest BCUT2D eigenvalue weighted by Crippen LogP contribution is -2.48. The molecule has 1 saturated heterocycles. The summed E-state index contributed by atoms with van der Waals surface area (Å²) in [6, 6.07) is 10.1. The Morgan fingerprint density at radius 1 is 1.22 bits per heavy atom. The Morgan fingerprint density at radius 2 is 2.00 bits per heavy atom.